The average molecular weight is 491 g/mol. The summed E-state index contributed by atoms with van der Waals surface area (Å²) in [5.74, 6) is -4.57. The van der Waals surface area contributed by atoms with Crippen molar-refractivity contribution in [2.24, 2.45) is 51.8 Å². The molecule has 9 heteroatoms. The highest BCUT2D eigenvalue weighted by Crippen LogP contribution is 2.93. The van der Waals surface area contributed by atoms with Gasteiger partial charge in [0.25, 0.3) is 0 Å². The molecule has 6 aliphatic carbocycles. The van der Waals surface area contributed by atoms with E-state index in [0.29, 0.717) is 0 Å². The summed E-state index contributed by atoms with van der Waals surface area (Å²) in [6.45, 7) is 11.4. The largest absolute Gasteiger partial charge is 0.465 e. The number of Topliss-reactive ketones (excluding diaryl/α,β-unsaturated/α-hetero) is 1. The lowest BCUT2D eigenvalue weighted by atomic mass is 9.37. The van der Waals surface area contributed by atoms with Gasteiger partial charge in [0.2, 0.25) is 0 Å². The van der Waals surface area contributed by atoms with Crippen molar-refractivity contribution in [1.29, 1.82) is 0 Å². The molecule has 6 saturated carbocycles. The number of ketones is 1. The molecule has 6 aliphatic rings. The summed E-state index contributed by atoms with van der Waals surface area (Å²) in [5.41, 5.74) is -6.80. The van der Waals surface area contributed by atoms with Gasteiger partial charge in [-0.1, -0.05) is 27.7 Å². The molecule has 35 heavy (non-hydrogen) atoms. The van der Waals surface area contributed by atoms with E-state index in [4.69, 9.17) is 14.2 Å². The van der Waals surface area contributed by atoms with Crippen LogP contribution in [0.1, 0.15) is 54.9 Å². The van der Waals surface area contributed by atoms with Crippen LogP contribution in [0.25, 0.3) is 0 Å². The summed E-state index contributed by atoms with van der Waals surface area (Å²) < 4.78 is 17.3. The van der Waals surface area contributed by atoms with Crippen LogP contribution in [0.4, 0.5) is 0 Å². The van der Waals surface area contributed by atoms with Crippen LogP contribution in [-0.4, -0.2) is 63.4 Å². The SMILES string of the molecule is CC(=O)OC[C@]12C[C@]3(O)C(=O)[C@@]1(C)C1C2[C@@H]2C4C(C)(C)[C@]4(OC(C)=O)[C@@H](OC(C)=O)[C@H](C)[C@@]2(O)[C@@H]13. The zero-order valence-electron chi connectivity index (χ0n) is 21.2. The molecule has 192 valence electrons. The Morgan fingerprint density at radius 1 is 0.943 bits per heavy atom. The van der Waals surface area contributed by atoms with Crippen molar-refractivity contribution < 1.29 is 43.6 Å². The van der Waals surface area contributed by atoms with Gasteiger partial charge in [-0.05, 0) is 24.2 Å². The highest BCUT2D eigenvalue weighted by atomic mass is 16.6. The number of hydrogen-bond donors (Lipinski definition) is 2. The van der Waals surface area contributed by atoms with E-state index >= 15 is 0 Å². The molecule has 2 N–H and O–H groups in total. The van der Waals surface area contributed by atoms with Gasteiger partial charge in [-0.25, -0.2) is 0 Å². The van der Waals surface area contributed by atoms with Crippen LogP contribution in [0.15, 0.2) is 0 Å². The Morgan fingerprint density at radius 2 is 1.57 bits per heavy atom. The molecule has 0 aromatic heterocycles. The predicted molar refractivity (Wildman–Crippen MR) is 117 cm³/mol. The number of aliphatic hydroxyl groups is 2. The predicted octanol–water partition coefficient (Wildman–Crippen LogP) is 1.02. The maximum atomic E-state index is 13.6. The Morgan fingerprint density at radius 3 is 2.09 bits per heavy atom. The number of esters is 3. The van der Waals surface area contributed by atoms with E-state index in [0.717, 1.165) is 0 Å². The zero-order valence-corrected chi connectivity index (χ0v) is 21.2. The second-order valence-corrected chi connectivity index (χ2v) is 12.9. The first-order chi connectivity index (χ1) is 16.0. The standard InChI is InChI=1S/C26H34O9/c1-10-19(34-12(3)28)26(35-13(4)29)17(21(26,5)6)16-14-15-18(25(10,16)32)24(31)8-23(14,9-33-11(2)27)22(15,7)20(24)30/h10,14-19,31-32H,8-9H2,1-7H3/t10-,14?,15?,16+,17?,18-,19-,22+,23-,24+,25-,26+/m0/s1. The average Bonchev–Trinajstić information content (AvgIpc) is 2.95. The lowest BCUT2D eigenvalue weighted by Gasteiger charge is -2.65. The molecule has 3 unspecified atom stereocenters. The number of carbonyl (C=O) groups excluding carboxylic acids is 4. The second-order valence-electron chi connectivity index (χ2n) is 12.9. The van der Waals surface area contributed by atoms with Gasteiger partial charge in [0.1, 0.15) is 11.7 Å². The van der Waals surface area contributed by atoms with Gasteiger partial charge in [-0.2, -0.15) is 0 Å². The first-order valence-electron chi connectivity index (χ1n) is 12.5. The van der Waals surface area contributed by atoms with E-state index in [1.165, 1.54) is 20.8 Å². The minimum atomic E-state index is -1.75. The van der Waals surface area contributed by atoms with E-state index in [-0.39, 0.29) is 36.6 Å². The Bertz CT molecular complexity index is 1110. The van der Waals surface area contributed by atoms with E-state index in [9.17, 15) is 29.4 Å². The normalized spacial score (nSPS) is 57.1. The summed E-state index contributed by atoms with van der Waals surface area (Å²) in [6.07, 6.45) is -0.818. The fourth-order valence-corrected chi connectivity index (χ4v) is 10.9. The molecule has 2 bridgehead atoms. The molecule has 6 fully saturated rings. The maximum Gasteiger partial charge on any atom is 0.303 e. The lowest BCUT2D eigenvalue weighted by Crippen LogP contribution is -2.67. The van der Waals surface area contributed by atoms with E-state index in [1.807, 2.05) is 20.8 Å². The van der Waals surface area contributed by atoms with Crippen molar-refractivity contribution in [2.75, 3.05) is 6.61 Å². The quantitative estimate of drug-likeness (QED) is 0.437. The van der Waals surface area contributed by atoms with Gasteiger partial charge >= 0.3 is 17.9 Å². The summed E-state index contributed by atoms with van der Waals surface area (Å²) in [4.78, 5) is 50.0. The summed E-state index contributed by atoms with van der Waals surface area (Å²) >= 11 is 0. The molecule has 0 radical (unpaired) electrons. The van der Waals surface area contributed by atoms with Gasteiger partial charge in [0.15, 0.2) is 11.4 Å². The molecule has 9 nitrogen and oxygen atoms in total. The smallest absolute Gasteiger partial charge is 0.303 e. The molecule has 0 aromatic carbocycles. The highest BCUT2D eigenvalue weighted by Gasteiger charge is 3.01. The third-order valence-electron chi connectivity index (χ3n) is 11.7. The lowest BCUT2D eigenvalue weighted by molar-refractivity contribution is -0.237. The monoisotopic (exact) mass is 490 g/mol. The second kappa shape index (κ2) is 5.93. The van der Waals surface area contributed by atoms with Gasteiger partial charge in [-0.3, -0.25) is 19.2 Å². The van der Waals surface area contributed by atoms with Gasteiger partial charge in [-0.15, -0.1) is 0 Å². The molecule has 12 atom stereocenters. The van der Waals surface area contributed by atoms with Crippen LogP contribution < -0.4 is 0 Å². The maximum absolute atomic E-state index is 13.6. The molecule has 0 saturated heterocycles. The van der Waals surface area contributed by atoms with Crippen LogP contribution in [-0.2, 0) is 33.4 Å². The van der Waals surface area contributed by atoms with Crippen molar-refractivity contribution in [3.05, 3.63) is 0 Å². The minimum Gasteiger partial charge on any atom is -0.465 e. The highest BCUT2D eigenvalue weighted by molar-refractivity contribution is 6.01. The van der Waals surface area contributed by atoms with Crippen molar-refractivity contribution >= 4 is 23.7 Å². The van der Waals surface area contributed by atoms with Gasteiger partial charge < -0.3 is 24.4 Å². The number of carbonyl (C=O) groups is 4. The van der Waals surface area contributed by atoms with Crippen LogP contribution >= 0.6 is 0 Å². The van der Waals surface area contributed by atoms with Crippen LogP contribution in [0.5, 0.6) is 0 Å². The fraction of sp³-hybridized carbons (Fsp3) is 0.846. The van der Waals surface area contributed by atoms with Gasteiger partial charge in [0, 0.05) is 54.8 Å². The molecule has 0 amide bonds. The van der Waals surface area contributed by atoms with E-state index in [2.05, 4.69) is 0 Å². The molecule has 6 rings (SSSR count). The molecular formula is C26H34O9. The summed E-state index contributed by atoms with van der Waals surface area (Å²) in [6, 6.07) is 0. The molecule has 0 aromatic rings. The van der Waals surface area contributed by atoms with Gasteiger partial charge in [0.05, 0.1) is 12.2 Å². The Hall–Kier alpha value is -2.00. The van der Waals surface area contributed by atoms with Crippen molar-refractivity contribution in [3.63, 3.8) is 0 Å². The molecule has 0 spiro atoms. The van der Waals surface area contributed by atoms with Crippen LogP contribution in [0.2, 0.25) is 0 Å². The fourth-order valence-electron chi connectivity index (χ4n) is 10.9. The Balaban J connectivity index is 1.56. The first-order valence-corrected chi connectivity index (χ1v) is 12.5. The molecular weight excluding hydrogens is 456 g/mol. The third-order valence-corrected chi connectivity index (χ3v) is 11.7. The zero-order chi connectivity index (χ0) is 25.9. The number of hydrogen-bond acceptors (Lipinski definition) is 9. The third kappa shape index (κ3) is 1.97. The van der Waals surface area contributed by atoms with Crippen molar-refractivity contribution in [2.45, 2.75) is 77.8 Å². The first kappa shape index (κ1) is 23.4. The van der Waals surface area contributed by atoms with E-state index in [1.54, 1.807) is 6.92 Å². The Labute approximate surface area is 203 Å². The van der Waals surface area contributed by atoms with Crippen LogP contribution in [0.3, 0.4) is 0 Å². The summed E-state index contributed by atoms with van der Waals surface area (Å²) in [5, 5.41) is 24.5. The van der Waals surface area contributed by atoms with E-state index < -0.39 is 74.8 Å². The number of ether oxygens (including phenoxy) is 3. The molecule has 0 aliphatic heterocycles. The minimum absolute atomic E-state index is 0.0111. The van der Waals surface area contributed by atoms with Crippen LogP contribution in [0, 0.1) is 51.8 Å². The van der Waals surface area contributed by atoms with Crippen molar-refractivity contribution in [3.8, 4) is 0 Å². The van der Waals surface area contributed by atoms with Crippen molar-refractivity contribution in [1.82, 2.24) is 0 Å². The number of fused-ring (bicyclic) bond motifs is 8. The topological polar surface area (TPSA) is 136 Å². The number of rotatable bonds is 4. The molecule has 0 heterocycles. The summed E-state index contributed by atoms with van der Waals surface area (Å²) in [7, 11) is 0. The Kier molecular flexibility index (Phi) is 3.97.